The molecule has 0 spiro atoms. The fraction of sp³-hybridized carbons (Fsp3) is 0.714. The van der Waals surface area contributed by atoms with E-state index >= 15 is 0 Å². The first-order chi connectivity index (χ1) is 3.88. The number of rotatable bonds is 0. The summed E-state index contributed by atoms with van der Waals surface area (Å²) in [4.78, 5) is 0. The van der Waals surface area contributed by atoms with Gasteiger partial charge in [-0.25, -0.2) is 0 Å². The first kappa shape index (κ1) is 4.92. The Kier molecular flexibility index (Phi) is 0.944. The van der Waals surface area contributed by atoms with Gasteiger partial charge in [0.25, 0.3) is 0 Å². The minimum Gasteiger partial charge on any atom is -0.130 e. The highest BCUT2D eigenvalue weighted by Gasteiger charge is 2.38. The zero-order chi connectivity index (χ0) is 5.56. The van der Waals surface area contributed by atoms with Gasteiger partial charge in [0.2, 0.25) is 0 Å². The maximum Gasteiger partial charge on any atom is 0.0157 e. The van der Waals surface area contributed by atoms with E-state index in [0.29, 0.717) is 0 Å². The standard InChI is InChI=1S/C7H10S/c1-5-4-7-6(5)2-3-8-7/h2-3,5-7H,4H2,1H3. The highest BCUT2D eigenvalue weighted by Crippen LogP contribution is 2.48. The molecule has 1 fully saturated rings. The second-order valence-corrected chi connectivity index (χ2v) is 3.94. The van der Waals surface area contributed by atoms with Gasteiger partial charge in [0.1, 0.15) is 0 Å². The van der Waals surface area contributed by atoms with Crippen LogP contribution in [-0.4, -0.2) is 5.25 Å². The van der Waals surface area contributed by atoms with Gasteiger partial charge in [-0.15, -0.1) is 11.8 Å². The van der Waals surface area contributed by atoms with Crippen molar-refractivity contribution in [1.82, 2.24) is 0 Å². The van der Waals surface area contributed by atoms with Crippen LogP contribution in [0.4, 0.5) is 0 Å². The van der Waals surface area contributed by atoms with Crippen LogP contribution in [0.2, 0.25) is 0 Å². The fourth-order valence-electron chi connectivity index (χ4n) is 1.55. The van der Waals surface area contributed by atoms with Crippen LogP contribution in [0, 0.1) is 11.8 Å². The predicted molar refractivity (Wildman–Crippen MR) is 37.8 cm³/mol. The Bertz CT molecular complexity index is 128. The lowest BCUT2D eigenvalue weighted by atomic mass is 9.75. The van der Waals surface area contributed by atoms with Crippen molar-refractivity contribution in [3.05, 3.63) is 11.5 Å². The topological polar surface area (TPSA) is 0 Å². The molecule has 0 N–H and O–H groups in total. The second kappa shape index (κ2) is 1.53. The van der Waals surface area contributed by atoms with Crippen molar-refractivity contribution in [2.75, 3.05) is 0 Å². The first-order valence-corrected chi connectivity index (χ1v) is 4.14. The normalized spacial score (nSPS) is 50.9. The lowest BCUT2D eigenvalue weighted by Crippen LogP contribution is -2.32. The van der Waals surface area contributed by atoms with E-state index in [9.17, 15) is 0 Å². The molecule has 8 heavy (non-hydrogen) atoms. The maximum absolute atomic E-state index is 2.36. The molecule has 0 bridgehead atoms. The molecule has 1 aliphatic carbocycles. The van der Waals surface area contributed by atoms with Crippen molar-refractivity contribution in [2.45, 2.75) is 18.6 Å². The van der Waals surface area contributed by atoms with Gasteiger partial charge < -0.3 is 0 Å². The van der Waals surface area contributed by atoms with Crippen LogP contribution < -0.4 is 0 Å². The molecule has 0 saturated heterocycles. The van der Waals surface area contributed by atoms with Crippen molar-refractivity contribution < 1.29 is 0 Å². The van der Waals surface area contributed by atoms with Crippen LogP contribution in [0.3, 0.4) is 0 Å². The number of allylic oxidation sites excluding steroid dienone is 1. The van der Waals surface area contributed by atoms with Crippen molar-refractivity contribution >= 4 is 11.8 Å². The molecular formula is C7H10S. The Balaban J connectivity index is 2.10. The Labute approximate surface area is 54.4 Å². The van der Waals surface area contributed by atoms with Crippen molar-refractivity contribution in [1.29, 1.82) is 0 Å². The van der Waals surface area contributed by atoms with E-state index in [0.717, 1.165) is 17.1 Å². The third-order valence-electron chi connectivity index (χ3n) is 2.24. The largest absolute Gasteiger partial charge is 0.130 e. The summed E-state index contributed by atoms with van der Waals surface area (Å²) >= 11 is 2.02. The summed E-state index contributed by atoms with van der Waals surface area (Å²) in [6, 6.07) is 0. The highest BCUT2D eigenvalue weighted by atomic mass is 32.2. The van der Waals surface area contributed by atoms with E-state index in [2.05, 4.69) is 18.4 Å². The summed E-state index contributed by atoms with van der Waals surface area (Å²) in [5, 5.41) is 3.24. The van der Waals surface area contributed by atoms with Crippen LogP contribution in [0.25, 0.3) is 0 Å². The molecular weight excluding hydrogens is 116 g/mol. The summed E-state index contributed by atoms with van der Waals surface area (Å²) in [5.41, 5.74) is 0. The van der Waals surface area contributed by atoms with Gasteiger partial charge in [0.15, 0.2) is 0 Å². The minimum atomic E-state index is 0.944. The van der Waals surface area contributed by atoms with Gasteiger partial charge in [-0.05, 0) is 23.7 Å². The van der Waals surface area contributed by atoms with Crippen LogP contribution >= 0.6 is 11.8 Å². The molecule has 1 aliphatic heterocycles. The number of thioether (sulfide) groups is 1. The summed E-state index contributed by atoms with van der Waals surface area (Å²) in [5.74, 6) is 1.92. The monoisotopic (exact) mass is 126 g/mol. The first-order valence-electron chi connectivity index (χ1n) is 3.20. The van der Waals surface area contributed by atoms with Crippen molar-refractivity contribution in [3.8, 4) is 0 Å². The molecule has 1 saturated carbocycles. The van der Waals surface area contributed by atoms with Gasteiger partial charge in [-0.3, -0.25) is 0 Å². The zero-order valence-corrected chi connectivity index (χ0v) is 5.82. The molecule has 0 amide bonds. The maximum atomic E-state index is 2.36. The lowest BCUT2D eigenvalue weighted by Gasteiger charge is -2.36. The third-order valence-corrected chi connectivity index (χ3v) is 3.42. The smallest absolute Gasteiger partial charge is 0.0157 e. The van der Waals surface area contributed by atoms with E-state index in [1.807, 2.05) is 11.8 Å². The van der Waals surface area contributed by atoms with E-state index in [1.165, 1.54) is 6.42 Å². The van der Waals surface area contributed by atoms with Crippen LogP contribution in [0.1, 0.15) is 13.3 Å². The van der Waals surface area contributed by atoms with E-state index in [1.54, 1.807) is 0 Å². The quantitative estimate of drug-likeness (QED) is 0.480. The Hall–Kier alpha value is 0.0900. The molecule has 2 rings (SSSR count). The molecule has 0 aromatic rings. The number of hydrogen-bond donors (Lipinski definition) is 0. The summed E-state index contributed by atoms with van der Waals surface area (Å²) < 4.78 is 0. The molecule has 0 aromatic carbocycles. The van der Waals surface area contributed by atoms with Gasteiger partial charge >= 0.3 is 0 Å². The molecule has 2 aliphatic rings. The lowest BCUT2D eigenvalue weighted by molar-refractivity contribution is 0.270. The molecule has 3 unspecified atom stereocenters. The number of fused-ring (bicyclic) bond motifs is 1. The molecule has 0 aromatic heterocycles. The summed E-state index contributed by atoms with van der Waals surface area (Å²) in [7, 11) is 0. The van der Waals surface area contributed by atoms with Crippen LogP contribution in [0.15, 0.2) is 11.5 Å². The molecule has 1 heterocycles. The van der Waals surface area contributed by atoms with Crippen LogP contribution in [-0.2, 0) is 0 Å². The average Bonchev–Trinajstić information content (AvgIpc) is 2.09. The molecule has 0 radical (unpaired) electrons. The van der Waals surface area contributed by atoms with Gasteiger partial charge in [-0.2, -0.15) is 0 Å². The second-order valence-electron chi connectivity index (χ2n) is 2.79. The van der Waals surface area contributed by atoms with Gasteiger partial charge in [0.05, 0.1) is 0 Å². The van der Waals surface area contributed by atoms with Crippen LogP contribution in [0.5, 0.6) is 0 Å². The average molecular weight is 126 g/mol. The minimum absolute atomic E-state index is 0.944. The number of hydrogen-bond acceptors (Lipinski definition) is 1. The molecule has 1 heteroatoms. The molecule has 0 nitrogen and oxygen atoms in total. The fourth-order valence-corrected chi connectivity index (χ4v) is 2.98. The van der Waals surface area contributed by atoms with Crippen molar-refractivity contribution in [2.24, 2.45) is 11.8 Å². The van der Waals surface area contributed by atoms with E-state index < -0.39 is 0 Å². The Morgan fingerprint density at radius 1 is 1.62 bits per heavy atom. The SMILES string of the molecule is CC1CC2SC=CC12. The predicted octanol–water partition coefficient (Wildman–Crippen LogP) is 2.27. The van der Waals surface area contributed by atoms with Crippen molar-refractivity contribution in [3.63, 3.8) is 0 Å². The third kappa shape index (κ3) is 0.482. The van der Waals surface area contributed by atoms with E-state index in [-0.39, 0.29) is 0 Å². The van der Waals surface area contributed by atoms with Gasteiger partial charge in [-0.1, -0.05) is 13.0 Å². The van der Waals surface area contributed by atoms with Gasteiger partial charge in [0, 0.05) is 5.25 Å². The molecule has 44 valence electrons. The Morgan fingerprint density at radius 3 is 3.00 bits per heavy atom. The zero-order valence-electron chi connectivity index (χ0n) is 5.00. The molecule has 3 atom stereocenters. The highest BCUT2D eigenvalue weighted by molar-refractivity contribution is 8.03. The van der Waals surface area contributed by atoms with E-state index in [4.69, 9.17) is 0 Å². The summed E-state index contributed by atoms with van der Waals surface area (Å²) in [6.07, 6.45) is 3.81. The summed E-state index contributed by atoms with van der Waals surface area (Å²) in [6.45, 7) is 2.34. The Morgan fingerprint density at radius 2 is 2.50 bits per heavy atom.